The Morgan fingerprint density at radius 3 is 2.67 bits per heavy atom. The smallest absolute Gasteiger partial charge is 0.329 e. The van der Waals surface area contributed by atoms with Gasteiger partial charge in [0.1, 0.15) is 5.54 Å². The fraction of sp³-hybridized carbons (Fsp3) is 0.769. The molecular weight excluding hydrogens is 276 g/mol. The average molecular weight is 298 g/mol. The third-order valence-electron chi connectivity index (χ3n) is 4.25. The van der Waals surface area contributed by atoms with Crippen LogP contribution in [0.25, 0.3) is 0 Å². The minimum atomic E-state index is -1.26. The lowest BCUT2D eigenvalue weighted by Crippen LogP contribution is -2.61. The van der Waals surface area contributed by atoms with Gasteiger partial charge in [-0.25, -0.2) is 14.4 Å². The SMILES string of the molecule is CCN(C(=O)N1CCN2C(=O)NCC2C1)C(C)(C)C(=O)O. The number of aliphatic carboxylic acids is 1. The van der Waals surface area contributed by atoms with E-state index in [0.29, 0.717) is 32.7 Å². The predicted octanol–water partition coefficient (Wildman–Crippen LogP) is 0.000900. The van der Waals surface area contributed by atoms with Crippen molar-refractivity contribution in [2.45, 2.75) is 32.4 Å². The van der Waals surface area contributed by atoms with Crippen molar-refractivity contribution in [2.24, 2.45) is 0 Å². The number of amides is 4. The highest BCUT2D eigenvalue weighted by atomic mass is 16.4. The summed E-state index contributed by atoms with van der Waals surface area (Å²) in [4.78, 5) is 40.2. The molecule has 2 aliphatic heterocycles. The number of hydrogen-bond acceptors (Lipinski definition) is 3. The molecule has 2 saturated heterocycles. The van der Waals surface area contributed by atoms with Crippen LogP contribution in [-0.4, -0.2) is 82.1 Å². The molecule has 0 saturated carbocycles. The maximum Gasteiger partial charge on any atom is 0.329 e. The van der Waals surface area contributed by atoms with Crippen LogP contribution in [0.4, 0.5) is 9.59 Å². The molecular formula is C13H22N4O4. The number of nitrogens with zero attached hydrogens (tertiary/aromatic N) is 3. The predicted molar refractivity (Wildman–Crippen MR) is 75.0 cm³/mol. The molecule has 2 aliphatic rings. The van der Waals surface area contributed by atoms with E-state index in [0.717, 1.165) is 0 Å². The monoisotopic (exact) mass is 298 g/mol. The van der Waals surface area contributed by atoms with E-state index in [4.69, 9.17) is 0 Å². The van der Waals surface area contributed by atoms with Crippen molar-refractivity contribution >= 4 is 18.0 Å². The number of carbonyl (C=O) groups excluding carboxylic acids is 2. The summed E-state index contributed by atoms with van der Waals surface area (Å²) < 4.78 is 0. The van der Waals surface area contributed by atoms with Gasteiger partial charge in [-0.05, 0) is 20.8 Å². The zero-order chi connectivity index (χ0) is 15.8. The quantitative estimate of drug-likeness (QED) is 0.767. The molecule has 118 valence electrons. The van der Waals surface area contributed by atoms with Gasteiger partial charge in [0.25, 0.3) is 0 Å². The molecule has 8 heteroatoms. The van der Waals surface area contributed by atoms with Crippen molar-refractivity contribution in [3.05, 3.63) is 0 Å². The summed E-state index contributed by atoms with van der Waals surface area (Å²) in [5, 5.41) is 12.1. The van der Waals surface area contributed by atoms with E-state index in [1.807, 2.05) is 0 Å². The number of rotatable bonds is 3. The zero-order valence-electron chi connectivity index (χ0n) is 12.6. The average Bonchev–Trinajstić information content (AvgIpc) is 2.80. The number of carbonyl (C=O) groups is 3. The highest BCUT2D eigenvalue weighted by molar-refractivity contribution is 5.86. The lowest BCUT2D eigenvalue weighted by molar-refractivity contribution is -0.147. The second-order valence-electron chi connectivity index (χ2n) is 5.87. The molecule has 1 atom stereocenters. The van der Waals surface area contributed by atoms with E-state index >= 15 is 0 Å². The van der Waals surface area contributed by atoms with Crippen LogP contribution >= 0.6 is 0 Å². The first-order chi connectivity index (χ1) is 9.78. The summed E-state index contributed by atoms with van der Waals surface area (Å²) in [6.07, 6.45) is 0. The molecule has 0 spiro atoms. The second-order valence-corrected chi connectivity index (χ2v) is 5.87. The van der Waals surface area contributed by atoms with E-state index in [-0.39, 0.29) is 18.1 Å². The van der Waals surface area contributed by atoms with E-state index in [1.54, 1.807) is 16.7 Å². The zero-order valence-corrected chi connectivity index (χ0v) is 12.6. The molecule has 2 heterocycles. The number of piperazine rings is 1. The van der Waals surface area contributed by atoms with E-state index < -0.39 is 11.5 Å². The first-order valence-corrected chi connectivity index (χ1v) is 7.13. The van der Waals surface area contributed by atoms with Gasteiger partial charge >= 0.3 is 18.0 Å². The molecule has 8 nitrogen and oxygen atoms in total. The van der Waals surface area contributed by atoms with Crippen molar-refractivity contribution < 1.29 is 19.5 Å². The number of carboxylic acids is 1. The van der Waals surface area contributed by atoms with E-state index in [9.17, 15) is 19.5 Å². The first kappa shape index (κ1) is 15.4. The minimum Gasteiger partial charge on any atom is -0.480 e. The molecule has 0 aromatic carbocycles. The number of urea groups is 2. The van der Waals surface area contributed by atoms with Crippen LogP contribution in [0.2, 0.25) is 0 Å². The van der Waals surface area contributed by atoms with Gasteiger partial charge in [-0.2, -0.15) is 0 Å². The van der Waals surface area contributed by atoms with Crippen LogP contribution in [0.5, 0.6) is 0 Å². The molecule has 21 heavy (non-hydrogen) atoms. The fourth-order valence-corrected chi connectivity index (χ4v) is 2.83. The Morgan fingerprint density at radius 1 is 1.43 bits per heavy atom. The molecule has 0 bridgehead atoms. The summed E-state index contributed by atoms with van der Waals surface area (Å²) >= 11 is 0. The molecule has 0 radical (unpaired) electrons. The largest absolute Gasteiger partial charge is 0.480 e. The van der Waals surface area contributed by atoms with Crippen LogP contribution < -0.4 is 5.32 Å². The Morgan fingerprint density at radius 2 is 2.10 bits per heavy atom. The second kappa shape index (κ2) is 5.42. The number of nitrogens with one attached hydrogen (secondary N) is 1. The number of hydrogen-bond donors (Lipinski definition) is 2. The van der Waals surface area contributed by atoms with Crippen LogP contribution in [0.3, 0.4) is 0 Å². The Kier molecular flexibility index (Phi) is 3.97. The van der Waals surface area contributed by atoms with Gasteiger partial charge in [0, 0.05) is 32.7 Å². The Labute approximate surface area is 123 Å². The molecule has 2 fully saturated rings. The lowest BCUT2D eigenvalue weighted by atomic mass is 10.0. The molecule has 0 aromatic heterocycles. The highest BCUT2D eigenvalue weighted by Crippen LogP contribution is 2.20. The van der Waals surface area contributed by atoms with Gasteiger partial charge in [-0.15, -0.1) is 0 Å². The fourth-order valence-electron chi connectivity index (χ4n) is 2.83. The molecule has 0 aliphatic carbocycles. The Hall–Kier alpha value is -1.99. The Bertz CT molecular complexity index is 465. The molecule has 1 unspecified atom stereocenters. The third kappa shape index (κ3) is 2.62. The molecule has 4 amide bonds. The lowest BCUT2D eigenvalue weighted by Gasteiger charge is -2.42. The summed E-state index contributed by atoms with van der Waals surface area (Å²) in [5.41, 5.74) is -1.26. The highest BCUT2D eigenvalue weighted by Gasteiger charge is 2.42. The standard InChI is InChI=1S/C13H22N4O4/c1-4-17(13(2,3)10(18)19)12(21)15-5-6-16-9(8-15)7-14-11(16)20/h9H,4-8H2,1-3H3,(H,14,20)(H,18,19). The maximum absolute atomic E-state index is 12.6. The third-order valence-corrected chi connectivity index (χ3v) is 4.25. The Balaban J connectivity index is 2.09. The van der Waals surface area contributed by atoms with Crippen LogP contribution in [0, 0.1) is 0 Å². The van der Waals surface area contributed by atoms with Gasteiger partial charge in [-0.3, -0.25) is 0 Å². The minimum absolute atomic E-state index is 0.0261. The summed E-state index contributed by atoms with van der Waals surface area (Å²) in [6.45, 7) is 6.99. The number of likely N-dealkylation sites (N-methyl/N-ethyl adjacent to an activating group) is 1. The van der Waals surface area contributed by atoms with Crippen molar-refractivity contribution in [1.29, 1.82) is 0 Å². The van der Waals surface area contributed by atoms with E-state index in [1.165, 1.54) is 18.7 Å². The summed E-state index contributed by atoms with van der Waals surface area (Å²) in [5.74, 6) is -1.03. The molecule has 2 rings (SSSR count). The van der Waals surface area contributed by atoms with Crippen molar-refractivity contribution in [2.75, 3.05) is 32.7 Å². The molecule has 0 aromatic rings. The normalized spacial score (nSPS) is 21.9. The topological polar surface area (TPSA) is 93.2 Å². The van der Waals surface area contributed by atoms with Crippen molar-refractivity contribution in [1.82, 2.24) is 20.0 Å². The van der Waals surface area contributed by atoms with Gasteiger partial charge in [0.2, 0.25) is 0 Å². The summed E-state index contributed by atoms with van der Waals surface area (Å²) in [7, 11) is 0. The van der Waals surface area contributed by atoms with E-state index in [2.05, 4.69) is 5.32 Å². The summed E-state index contributed by atoms with van der Waals surface area (Å²) in [6, 6.07) is -0.406. The first-order valence-electron chi connectivity index (χ1n) is 7.13. The van der Waals surface area contributed by atoms with Gasteiger partial charge in [0.05, 0.1) is 6.04 Å². The van der Waals surface area contributed by atoms with Crippen LogP contribution in [0.15, 0.2) is 0 Å². The van der Waals surface area contributed by atoms with Gasteiger partial charge < -0.3 is 25.1 Å². The van der Waals surface area contributed by atoms with Crippen LogP contribution in [0.1, 0.15) is 20.8 Å². The van der Waals surface area contributed by atoms with Crippen LogP contribution in [-0.2, 0) is 4.79 Å². The maximum atomic E-state index is 12.6. The molecule has 2 N–H and O–H groups in total. The van der Waals surface area contributed by atoms with Crippen molar-refractivity contribution in [3.8, 4) is 0 Å². The van der Waals surface area contributed by atoms with Gasteiger partial charge in [-0.1, -0.05) is 0 Å². The van der Waals surface area contributed by atoms with Gasteiger partial charge in [0.15, 0.2) is 0 Å². The van der Waals surface area contributed by atoms with Crippen molar-refractivity contribution in [3.63, 3.8) is 0 Å². The number of carboxylic acid groups (broad SMARTS) is 1. The number of fused-ring (bicyclic) bond motifs is 1.